The van der Waals surface area contributed by atoms with Gasteiger partial charge in [0.05, 0.1) is 0 Å². The summed E-state index contributed by atoms with van der Waals surface area (Å²) in [6.45, 7) is 5.18. The average Bonchev–Trinajstić information content (AvgIpc) is 3.16. The van der Waals surface area contributed by atoms with Crippen LogP contribution in [-0.4, -0.2) is 43.6 Å². The van der Waals surface area contributed by atoms with Crippen LogP contribution in [0.5, 0.6) is 0 Å². The van der Waals surface area contributed by atoms with Crippen molar-refractivity contribution in [2.75, 3.05) is 19.7 Å². The van der Waals surface area contributed by atoms with Crippen LogP contribution >= 0.6 is 0 Å². The van der Waals surface area contributed by atoms with Crippen LogP contribution in [0.1, 0.15) is 56.6 Å². The monoisotopic (exact) mass is 451 g/mol. The maximum Gasteiger partial charge on any atom is 0.407 e. The number of amides is 3. The Bertz CT molecular complexity index is 930. The number of ether oxygens (including phenoxy) is 1. The molecule has 0 fully saturated rings. The third kappa shape index (κ3) is 6.34. The second-order valence-electron chi connectivity index (χ2n) is 8.20. The highest BCUT2D eigenvalue weighted by Gasteiger charge is 2.29. The van der Waals surface area contributed by atoms with Gasteiger partial charge in [-0.25, -0.2) is 4.79 Å². The predicted molar refractivity (Wildman–Crippen MR) is 128 cm³/mol. The molecule has 3 rings (SSSR count). The number of hydrogen-bond acceptors (Lipinski definition) is 4. The number of nitrogens with one attached hydrogen (secondary N) is 3. The van der Waals surface area contributed by atoms with Crippen molar-refractivity contribution in [3.63, 3.8) is 0 Å². The highest BCUT2D eigenvalue weighted by atomic mass is 16.5. The van der Waals surface area contributed by atoms with Gasteiger partial charge in [-0.05, 0) is 41.5 Å². The fourth-order valence-corrected chi connectivity index (χ4v) is 4.05. The van der Waals surface area contributed by atoms with Crippen LogP contribution in [0.25, 0.3) is 11.1 Å². The summed E-state index contributed by atoms with van der Waals surface area (Å²) >= 11 is 0. The molecule has 7 heteroatoms. The minimum absolute atomic E-state index is 0.0599. The Morgan fingerprint density at radius 1 is 0.879 bits per heavy atom. The third-order valence-corrected chi connectivity index (χ3v) is 5.73. The van der Waals surface area contributed by atoms with Crippen LogP contribution in [-0.2, 0) is 14.3 Å². The van der Waals surface area contributed by atoms with Crippen molar-refractivity contribution in [2.45, 2.75) is 51.5 Å². The van der Waals surface area contributed by atoms with E-state index in [9.17, 15) is 14.4 Å². The van der Waals surface area contributed by atoms with E-state index in [4.69, 9.17) is 4.74 Å². The number of alkyl carbamates (subject to hydrolysis) is 1. The van der Waals surface area contributed by atoms with Gasteiger partial charge < -0.3 is 20.7 Å². The van der Waals surface area contributed by atoms with Crippen molar-refractivity contribution in [2.24, 2.45) is 0 Å². The van der Waals surface area contributed by atoms with Crippen molar-refractivity contribution in [3.8, 4) is 11.1 Å². The van der Waals surface area contributed by atoms with Crippen molar-refractivity contribution < 1.29 is 19.1 Å². The van der Waals surface area contributed by atoms with E-state index in [1.165, 1.54) is 0 Å². The molecule has 1 atom stereocenters. The molecule has 0 aromatic heterocycles. The van der Waals surface area contributed by atoms with E-state index >= 15 is 0 Å². The van der Waals surface area contributed by atoms with E-state index in [2.05, 4.69) is 40.2 Å². The number of fused-ring (bicyclic) bond motifs is 3. The Morgan fingerprint density at radius 2 is 1.45 bits per heavy atom. The molecule has 3 N–H and O–H groups in total. The molecule has 3 amide bonds. The zero-order valence-corrected chi connectivity index (χ0v) is 19.4. The Morgan fingerprint density at radius 3 is 2.06 bits per heavy atom. The normalized spacial score (nSPS) is 12.9. The number of benzene rings is 2. The average molecular weight is 452 g/mol. The molecule has 0 spiro atoms. The quantitative estimate of drug-likeness (QED) is 0.485. The summed E-state index contributed by atoms with van der Waals surface area (Å²) in [5.41, 5.74) is 4.54. The topological polar surface area (TPSA) is 96.5 Å². The van der Waals surface area contributed by atoms with E-state index in [0.717, 1.165) is 35.1 Å². The van der Waals surface area contributed by atoms with Gasteiger partial charge in [-0.3, -0.25) is 9.59 Å². The van der Waals surface area contributed by atoms with Gasteiger partial charge >= 0.3 is 6.09 Å². The number of hydrogen-bond donors (Lipinski definition) is 3. The summed E-state index contributed by atoms with van der Waals surface area (Å²) in [6, 6.07) is 15.4. The first-order chi connectivity index (χ1) is 16.0. The lowest BCUT2D eigenvalue weighted by atomic mass is 9.98. The SMILES string of the molecule is CCCNC(=O)CC[C@H](NC(=O)OCC1c2ccccc2-c2ccccc21)C(=O)NCCC. The Hall–Kier alpha value is -3.35. The first-order valence-corrected chi connectivity index (χ1v) is 11.7. The van der Waals surface area contributed by atoms with Gasteiger partial charge in [-0.2, -0.15) is 0 Å². The lowest BCUT2D eigenvalue weighted by Gasteiger charge is -2.19. The van der Waals surface area contributed by atoms with Gasteiger partial charge in [0.25, 0.3) is 0 Å². The summed E-state index contributed by atoms with van der Waals surface area (Å²) in [5.74, 6) is -0.511. The molecule has 0 unspecified atom stereocenters. The molecule has 0 aliphatic heterocycles. The largest absolute Gasteiger partial charge is 0.449 e. The molecule has 7 nitrogen and oxygen atoms in total. The van der Waals surface area contributed by atoms with Crippen LogP contribution in [0.2, 0.25) is 0 Å². The van der Waals surface area contributed by atoms with Crippen molar-refractivity contribution in [1.82, 2.24) is 16.0 Å². The molecular formula is C26H33N3O4. The molecule has 2 aromatic carbocycles. The van der Waals surface area contributed by atoms with E-state index in [-0.39, 0.29) is 37.2 Å². The van der Waals surface area contributed by atoms with Gasteiger partial charge in [0, 0.05) is 25.4 Å². The highest BCUT2D eigenvalue weighted by Crippen LogP contribution is 2.44. The van der Waals surface area contributed by atoms with Crippen molar-refractivity contribution >= 4 is 17.9 Å². The molecule has 2 aromatic rings. The lowest BCUT2D eigenvalue weighted by Crippen LogP contribution is -2.47. The van der Waals surface area contributed by atoms with E-state index in [1.54, 1.807) is 0 Å². The van der Waals surface area contributed by atoms with Crippen LogP contribution < -0.4 is 16.0 Å². The second kappa shape index (κ2) is 12.0. The van der Waals surface area contributed by atoms with Crippen LogP contribution in [0.4, 0.5) is 4.79 Å². The maximum atomic E-state index is 12.6. The number of carbonyl (C=O) groups excluding carboxylic acids is 3. The lowest BCUT2D eigenvalue weighted by molar-refractivity contribution is -0.124. The van der Waals surface area contributed by atoms with Crippen LogP contribution in [0, 0.1) is 0 Å². The molecule has 0 bridgehead atoms. The molecule has 0 saturated carbocycles. The van der Waals surface area contributed by atoms with E-state index < -0.39 is 12.1 Å². The van der Waals surface area contributed by atoms with Gasteiger partial charge in [0.2, 0.25) is 11.8 Å². The summed E-state index contributed by atoms with van der Waals surface area (Å²) in [5, 5.41) is 8.23. The van der Waals surface area contributed by atoms with Crippen molar-refractivity contribution in [3.05, 3.63) is 59.7 Å². The molecule has 33 heavy (non-hydrogen) atoms. The van der Waals surface area contributed by atoms with Crippen molar-refractivity contribution in [1.29, 1.82) is 0 Å². The zero-order chi connectivity index (χ0) is 23.6. The smallest absolute Gasteiger partial charge is 0.407 e. The molecule has 1 aliphatic carbocycles. The fraction of sp³-hybridized carbons (Fsp3) is 0.423. The molecule has 176 valence electrons. The Kier molecular flexibility index (Phi) is 8.87. The molecule has 0 heterocycles. The minimum atomic E-state index is -0.834. The summed E-state index contributed by atoms with van der Waals surface area (Å²) in [7, 11) is 0. The molecule has 0 radical (unpaired) electrons. The van der Waals surface area contributed by atoms with E-state index in [1.807, 2.05) is 38.1 Å². The molecular weight excluding hydrogens is 418 g/mol. The highest BCUT2D eigenvalue weighted by molar-refractivity contribution is 5.86. The predicted octanol–water partition coefficient (Wildman–Crippen LogP) is 3.73. The minimum Gasteiger partial charge on any atom is -0.449 e. The fourth-order valence-electron chi connectivity index (χ4n) is 4.05. The van der Waals surface area contributed by atoms with Gasteiger partial charge in [0.15, 0.2) is 0 Å². The number of rotatable bonds is 11. The first-order valence-electron chi connectivity index (χ1n) is 11.7. The summed E-state index contributed by atoms with van der Waals surface area (Å²) < 4.78 is 5.57. The maximum absolute atomic E-state index is 12.6. The van der Waals surface area contributed by atoms with Crippen LogP contribution in [0.3, 0.4) is 0 Å². The van der Waals surface area contributed by atoms with Gasteiger partial charge in [0.1, 0.15) is 12.6 Å². The Labute approximate surface area is 195 Å². The summed E-state index contributed by atoms with van der Waals surface area (Å²) in [6.07, 6.45) is 1.30. The zero-order valence-electron chi connectivity index (χ0n) is 19.4. The van der Waals surface area contributed by atoms with Gasteiger partial charge in [-0.1, -0.05) is 62.4 Å². The second-order valence-corrected chi connectivity index (χ2v) is 8.20. The first kappa shape index (κ1) is 24.3. The van der Waals surface area contributed by atoms with E-state index in [0.29, 0.717) is 13.1 Å². The third-order valence-electron chi connectivity index (χ3n) is 5.73. The molecule has 0 saturated heterocycles. The summed E-state index contributed by atoms with van der Waals surface area (Å²) in [4.78, 5) is 37.1. The van der Waals surface area contributed by atoms with Crippen LogP contribution in [0.15, 0.2) is 48.5 Å². The standard InChI is InChI=1S/C26H33N3O4/c1-3-15-27-24(30)14-13-23(25(31)28-16-4-2)29-26(32)33-17-22-20-11-7-5-9-18(20)19-10-6-8-12-21(19)22/h5-12,22-23H,3-4,13-17H2,1-2H3,(H,27,30)(H,28,31)(H,29,32)/t23-/m0/s1. The Balaban J connectivity index is 1.61. The van der Waals surface area contributed by atoms with Gasteiger partial charge in [-0.15, -0.1) is 0 Å². The molecule has 1 aliphatic rings. The number of carbonyl (C=O) groups is 3.